The molecular weight excluding hydrogens is 351 g/mol. The Hall–Kier alpha value is -0.100. The van der Waals surface area contributed by atoms with Crippen LogP contribution in [0.2, 0.25) is 0 Å². The van der Waals surface area contributed by atoms with E-state index in [0.717, 1.165) is 30.8 Å². The summed E-state index contributed by atoms with van der Waals surface area (Å²) in [5.41, 5.74) is 0. The van der Waals surface area contributed by atoms with Gasteiger partial charge in [-0.25, -0.2) is 0 Å². The molecular formula is C15H23IN2O. The Morgan fingerprint density at radius 3 is 2.79 bits per heavy atom. The highest BCUT2D eigenvalue weighted by molar-refractivity contribution is 14.0. The summed E-state index contributed by atoms with van der Waals surface area (Å²) in [4.78, 5) is 17.0. The van der Waals surface area contributed by atoms with Crippen molar-refractivity contribution in [1.82, 2.24) is 9.80 Å². The Balaban J connectivity index is 0.00000110. The number of carbonyl (C=O) groups excluding carboxylic acids is 1. The number of carbonyl (C=O) groups is 1. The Labute approximate surface area is 132 Å². The third-order valence-corrected chi connectivity index (χ3v) is 5.59. The second kappa shape index (κ2) is 5.35. The molecule has 0 aliphatic carbocycles. The van der Waals surface area contributed by atoms with Gasteiger partial charge in [0.2, 0.25) is 5.91 Å². The van der Waals surface area contributed by atoms with Crippen molar-refractivity contribution in [1.29, 1.82) is 0 Å². The van der Waals surface area contributed by atoms with Crippen molar-refractivity contribution in [3.05, 3.63) is 12.2 Å². The van der Waals surface area contributed by atoms with Crippen molar-refractivity contribution in [2.75, 3.05) is 19.6 Å². The Morgan fingerprint density at radius 2 is 1.95 bits per heavy atom. The van der Waals surface area contributed by atoms with Crippen molar-refractivity contribution < 1.29 is 4.79 Å². The largest absolute Gasteiger partial charge is 0.335 e. The van der Waals surface area contributed by atoms with E-state index in [1.54, 1.807) is 6.08 Å². The summed E-state index contributed by atoms with van der Waals surface area (Å²) in [6, 6.07) is 1.29. The minimum atomic E-state index is 0. The van der Waals surface area contributed by atoms with Gasteiger partial charge in [-0.1, -0.05) is 6.08 Å². The van der Waals surface area contributed by atoms with Gasteiger partial charge in [0.1, 0.15) is 0 Å². The SMILES string of the molecule is I.O=C1C=CC[C@@H]2[C@H]3CCCN4CCC[C@@H](CN12)[C@@H]34. The van der Waals surface area contributed by atoms with Crippen molar-refractivity contribution in [2.45, 2.75) is 44.2 Å². The lowest BCUT2D eigenvalue weighted by Crippen LogP contribution is -2.65. The van der Waals surface area contributed by atoms with E-state index in [9.17, 15) is 4.79 Å². The van der Waals surface area contributed by atoms with Crippen LogP contribution in [-0.4, -0.2) is 47.4 Å². The minimum Gasteiger partial charge on any atom is -0.335 e. The lowest BCUT2D eigenvalue weighted by Gasteiger charge is -2.57. The van der Waals surface area contributed by atoms with Crippen LogP contribution in [0.4, 0.5) is 0 Å². The summed E-state index contributed by atoms with van der Waals surface area (Å²) < 4.78 is 0. The zero-order chi connectivity index (χ0) is 12.1. The maximum atomic E-state index is 12.1. The molecule has 3 nitrogen and oxygen atoms in total. The van der Waals surface area contributed by atoms with E-state index in [1.165, 1.54) is 38.8 Å². The second-order valence-electron chi connectivity index (χ2n) is 6.43. The molecule has 0 aromatic rings. The average molecular weight is 374 g/mol. The number of hydrogen-bond donors (Lipinski definition) is 0. The van der Waals surface area contributed by atoms with E-state index < -0.39 is 0 Å². The molecule has 3 saturated heterocycles. The topological polar surface area (TPSA) is 23.6 Å². The predicted octanol–water partition coefficient (Wildman–Crippen LogP) is 2.27. The fourth-order valence-corrected chi connectivity index (χ4v) is 4.95. The molecule has 1 amide bonds. The first-order chi connectivity index (χ1) is 8.84. The Kier molecular flexibility index (Phi) is 3.91. The van der Waals surface area contributed by atoms with Crippen LogP contribution in [-0.2, 0) is 4.79 Å². The van der Waals surface area contributed by atoms with Crippen LogP contribution in [0, 0.1) is 11.8 Å². The first-order valence-corrected chi connectivity index (χ1v) is 7.56. The minimum absolute atomic E-state index is 0. The molecule has 0 bridgehead atoms. The highest BCUT2D eigenvalue weighted by atomic mass is 127. The van der Waals surface area contributed by atoms with Gasteiger partial charge >= 0.3 is 0 Å². The summed E-state index contributed by atoms with van der Waals surface area (Å²) >= 11 is 0. The van der Waals surface area contributed by atoms with Gasteiger partial charge in [0.25, 0.3) is 0 Å². The molecule has 0 N–H and O–H groups in total. The molecule has 4 atom stereocenters. The van der Waals surface area contributed by atoms with Crippen LogP contribution in [0.5, 0.6) is 0 Å². The molecule has 19 heavy (non-hydrogen) atoms. The summed E-state index contributed by atoms with van der Waals surface area (Å²) in [6.07, 6.45) is 10.3. The van der Waals surface area contributed by atoms with Crippen molar-refractivity contribution >= 4 is 29.9 Å². The lowest BCUT2D eigenvalue weighted by atomic mass is 9.68. The quantitative estimate of drug-likeness (QED) is 0.608. The Bertz CT molecular complexity index is 396. The first kappa shape index (κ1) is 13.9. The number of hydrogen-bond acceptors (Lipinski definition) is 2. The first-order valence-electron chi connectivity index (χ1n) is 7.56. The lowest BCUT2D eigenvalue weighted by molar-refractivity contribution is -0.141. The van der Waals surface area contributed by atoms with Crippen molar-refractivity contribution in [3.63, 3.8) is 0 Å². The van der Waals surface area contributed by atoms with E-state index in [0.29, 0.717) is 6.04 Å². The van der Waals surface area contributed by atoms with E-state index in [2.05, 4.69) is 15.9 Å². The third-order valence-electron chi connectivity index (χ3n) is 5.59. The highest BCUT2D eigenvalue weighted by Gasteiger charge is 2.49. The molecule has 3 fully saturated rings. The number of halogens is 1. The third kappa shape index (κ3) is 2.15. The van der Waals surface area contributed by atoms with Crippen molar-refractivity contribution in [2.24, 2.45) is 11.8 Å². The van der Waals surface area contributed by atoms with Crippen LogP contribution < -0.4 is 0 Å². The zero-order valence-corrected chi connectivity index (χ0v) is 13.7. The van der Waals surface area contributed by atoms with E-state index in [4.69, 9.17) is 0 Å². The molecule has 4 aliphatic rings. The average Bonchev–Trinajstić information content (AvgIpc) is 2.41. The van der Waals surface area contributed by atoms with Crippen LogP contribution in [0.25, 0.3) is 0 Å². The van der Waals surface area contributed by atoms with Gasteiger partial charge in [0.15, 0.2) is 0 Å². The monoisotopic (exact) mass is 374 g/mol. The van der Waals surface area contributed by atoms with Crippen LogP contribution in [0.3, 0.4) is 0 Å². The molecule has 4 aliphatic heterocycles. The summed E-state index contributed by atoms with van der Waals surface area (Å²) in [7, 11) is 0. The number of rotatable bonds is 0. The van der Waals surface area contributed by atoms with Crippen LogP contribution in [0.1, 0.15) is 32.1 Å². The van der Waals surface area contributed by atoms with Crippen LogP contribution in [0.15, 0.2) is 12.2 Å². The summed E-state index contributed by atoms with van der Waals surface area (Å²) in [5.74, 6) is 1.76. The van der Waals surface area contributed by atoms with Gasteiger partial charge in [-0.2, -0.15) is 0 Å². The number of fused-ring (bicyclic) bond motifs is 2. The Morgan fingerprint density at radius 1 is 1.16 bits per heavy atom. The molecule has 0 aromatic carbocycles. The smallest absolute Gasteiger partial charge is 0.246 e. The predicted molar refractivity (Wildman–Crippen MR) is 85.5 cm³/mol. The fraction of sp³-hybridized carbons (Fsp3) is 0.800. The molecule has 4 heteroatoms. The molecule has 4 heterocycles. The highest BCUT2D eigenvalue weighted by Crippen LogP contribution is 2.43. The van der Waals surface area contributed by atoms with Crippen molar-refractivity contribution in [3.8, 4) is 0 Å². The van der Waals surface area contributed by atoms with Gasteiger partial charge in [-0.15, -0.1) is 24.0 Å². The van der Waals surface area contributed by atoms with Gasteiger partial charge in [-0.3, -0.25) is 9.69 Å². The zero-order valence-electron chi connectivity index (χ0n) is 11.3. The maximum absolute atomic E-state index is 12.1. The van der Waals surface area contributed by atoms with Gasteiger partial charge in [0.05, 0.1) is 0 Å². The van der Waals surface area contributed by atoms with Gasteiger partial charge in [0, 0.05) is 18.6 Å². The number of piperidine rings is 3. The molecule has 0 unspecified atom stereocenters. The molecule has 0 radical (unpaired) electrons. The van der Waals surface area contributed by atoms with E-state index in [1.807, 2.05) is 0 Å². The molecule has 4 rings (SSSR count). The molecule has 0 spiro atoms. The normalized spacial score (nSPS) is 41.3. The second-order valence-corrected chi connectivity index (χ2v) is 6.43. The van der Waals surface area contributed by atoms with E-state index in [-0.39, 0.29) is 29.9 Å². The van der Waals surface area contributed by atoms with Gasteiger partial charge in [-0.05, 0) is 63.1 Å². The molecule has 0 saturated carbocycles. The van der Waals surface area contributed by atoms with Gasteiger partial charge < -0.3 is 4.90 Å². The molecule has 106 valence electrons. The number of nitrogens with zero attached hydrogens (tertiary/aromatic N) is 2. The summed E-state index contributed by atoms with van der Waals surface area (Å²) in [5, 5.41) is 0. The molecule has 0 aromatic heterocycles. The van der Waals surface area contributed by atoms with Crippen LogP contribution >= 0.6 is 24.0 Å². The maximum Gasteiger partial charge on any atom is 0.246 e. The number of amides is 1. The standard InChI is InChI=1S/C15H22N2O.HI/c18-14-7-1-6-13-12-5-3-9-16-8-2-4-11(15(12)16)10-17(13)14;/h1,7,11-13,15H,2-6,8-10H2;1H/t11-,12+,13+,15-;/m0./s1. The summed E-state index contributed by atoms with van der Waals surface area (Å²) in [6.45, 7) is 3.62. The fourth-order valence-electron chi connectivity index (χ4n) is 4.95. The van der Waals surface area contributed by atoms with E-state index >= 15 is 0 Å².